The van der Waals surface area contributed by atoms with Gasteiger partial charge in [0.25, 0.3) is 0 Å². The molecule has 0 aromatic heterocycles. The molecule has 0 aliphatic rings. The quantitative estimate of drug-likeness (QED) is 0.0263. The van der Waals surface area contributed by atoms with E-state index in [-0.39, 0.29) is 37.5 Å². The minimum absolute atomic E-state index is 0.101. The highest BCUT2D eigenvalue weighted by molar-refractivity contribution is 5.71. The molecule has 1 atom stereocenters. The second-order valence-electron chi connectivity index (χ2n) is 16.5. The Hall–Kier alpha value is -3.67. The fourth-order valence-corrected chi connectivity index (χ4v) is 6.70. The van der Waals surface area contributed by atoms with Gasteiger partial charge in [0.1, 0.15) is 13.2 Å². The van der Waals surface area contributed by atoms with Crippen LogP contribution in [0.5, 0.6) is 0 Å². The highest BCUT2D eigenvalue weighted by Gasteiger charge is 2.19. The van der Waals surface area contributed by atoms with E-state index in [4.69, 9.17) is 14.2 Å². The summed E-state index contributed by atoms with van der Waals surface area (Å²) < 4.78 is 16.7. The van der Waals surface area contributed by atoms with Gasteiger partial charge in [0.15, 0.2) is 6.10 Å². The predicted molar refractivity (Wildman–Crippen MR) is 265 cm³/mol. The molecule has 0 aromatic rings. The molecule has 0 spiro atoms. The second-order valence-corrected chi connectivity index (χ2v) is 16.5. The van der Waals surface area contributed by atoms with Gasteiger partial charge in [0.05, 0.1) is 0 Å². The van der Waals surface area contributed by atoms with Gasteiger partial charge in [-0.25, -0.2) is 0 Å². The molecule has 0 aliphatic carbocycles. The molecule has 0 heterocycles. The molecule has 0 radical (unpaired) electrons. The lowest BCUT2D eigenvalue weighted by Gasteiger charge is -2.18. The zero-order valence-corrected chi connectivity index (χ0v) is 40.1. The summed E-state index contributed by atoms with van der Waals surface area (Å²) in [4.78, 5) is 37.9. The van der Waals surface area contributed by atoms with Crippen molar-refractivity contribution in [3.63, 3.8) is 0 Å². The van der Waals surface area contributed by atoms with Gasteiger partial charge in [-0.05, 0) is 64.2 Å². The average Bonchev–Trinajstić information content (AvgIpc) is 3.27. The lowest BCUT2D eigenvalue weighted by atomic mass is 10.1. The van der Waals surface area contributed by atoms with Crippen molar-refractivity contribution in [3.05, 3.63) is 97.2 Å². The van der Waals surface area contributed by atoms with E-state index in [1.54, 1.807) is 0 Å². The second kappa shape index (κ2) is 50.0. The molecule has 0 amide bonds. The van der Waals surface area contributed by atoms with Crippen molar-refractivity contribution in [1.29, 1.82) is 0 Å². The molecule has 6 heteroatoms. The Kier molecular flexibility index (Phi) is 47.0. The van der Waals surface area contributed by atoms with Crippen LogP contribution in [0.1, 0.15) is 220 Å². The Morgan fingerprint density at radius 1 is 0.339 bits per heavy atom. The van der Waals surface area contributed by atoms with Gasteiger partial charge in [-0.3, -0.25) is 14.4 Å². The third-order valence-corrected chi connectivity index (χ3v) is 10.5. The van der Waals surface area contributed by atoms with E-state index in [9.17, 15) is 14.4 Å². The molecule has 0 aromatic carbocycles. The molecule has 0 saturated heterocycles. The fraction of sp³-hybridized carbons (Fsp3) is 0.661. The summed E-state index contributed by atoms with van der Waals surface area (Å²) in [5.74, 6) is -0.968. The van der Waals surface area contributed by atoms with Crippen LogP contribution in [0, 0.1) is 0 Å². The van der Waals surface area contributed by atoms with Crippen LogP contribution < -0.4 is 0 Å². The highest BCUT2D eigenvalue weighted by Crippen LogP contribution is 2.14. The number of carbonyl (C=O) groups is 3. The van der Waals surface area contributed by atoms with E-state index in [2.05, 4.69) is 69.4 Å². The largest absolute Gasteiger partial charge is 0.462 e. The first kappa shape index (κ1) is 58.3. The molecule has 6 nitrogen and oxygen atoms in total. The van der Waals surface area contributed by atoms with Crippen LogP contribution >= 0.6 is 0 Å². The molecule has 0 rings (SSSR count). The first-order valence-corrected chi connectivity index (χ1v) is 25.3. The van der Waals surface area contributed by atoms with Crippen molar-refractivity contribution < 1.29 is 28.6 Å². The Balaban J connectivity index is 4.49. The molecule has 0 N–H and O–H groups in total. The number of allylic oxidation sites excluding steroid dienone is 16. The van der Waals surface area contributed by atoms with Crippen LogP contribution in [-0.2, 0) is 28.6 Å². The maximum Gasteiger partial charge on any atom is 0.306 e. The molecule has 0 fully saturated rings. The molecule has 0 aliphatic heterocycles. The van der Waals surface area contributed by atoms with Crippen molar-refractivity contribution in [2.45, 2.75) is 226 Å². The first-order valence-electron chi connectivity index (χ1n) is 25.3. The highest BCUT2D eigenvalue weighted by atomic mass is 16.6. The summed E-state index contributed by atoms with van der Waals surface area (Å²) in [6.07, 6.45) is 65.3. The van der Waals surface area contributed by atoms with E-state index in [1.807, 2.05) is 48.6 Å². The predicted octanol–water partition coefficient (Wildman–Crippen LogP) is 16.6. The van der Waals surface area contributed by atoms with Crippen molar-refractivity contribution in [2.75, 3.05) is 13.2 Å². The van der Waals surface area contributed by atoms with Crippen LogP contribution in [0.4, 0.5) is 0 Å². The molecule has 1 unspecified atom stereocenters. The van der Waals surface area contributed by atoms with Crippen molar-refractivity contribution in [1.82, 2.24) is 0 Å². The van der Waals surface area contributed by atoms with Gasteiger partial charge in [-0.2, -0.15) is 0 Å². The summed E-state index contributed by atoms with van der Waals surface area (Å²) in [6, 6.07) is 0. The topological polar surface area (TPSA) is 78.9 Å². The van der Waals surface area contributed by atoms with Crippen molar-refractivity contribution in [2.24, 2.45) is 0 Å². The van der Waals surface area contributed by atoms with Gasteiger partial charge in [0, 0.05) is 19.3 Å². The van der Waals surface area contributed by atoms with Crippen LogP contribution in [0.2, 0.25) is 0 Å². The average molecular weight is 861 g/mol. The maximum atomic E-state index is 12.8. The van der Waals surface area contributed by atoms with Gasteiger partial charge in [-0.1, -0.05) is 234 Å². The minimum atomic E-state index is -0.806. The lowest BCUT2D eigenvalue weighted by molar-refractivity contribution is -0.167. The normalized spacial score (nSPS) is 12.9. The Bertz CT molecular complexity index is 1260. The van der Waals surface area contributed by atoms with Crippen LogP contribution in [0.3, 0.4) is 0 Å². The first-order chi connectivity index (χ1) is 30.5. The van der Waals surface area contributed by atoms with Crippen LogP contribution in [0.25, 0.3) is 0 Å². The molecule has 0 saturated carbocycles. The minimum Gasteiger partial charge on any atom is -0.462 e. The molecular weight excluding hydrogens is 769 g/mol. The van der Waals surface area contributed by atoms with E-state index < -0.39 is 6.10 Å². The monoisotopic (exact) mass is 861 g/mol. The van der Waals surface area contributed by atoms with Gasteiger partial charge in [-0.15, -0.1) is 0 Å². The number of carbonyl (C=O) groups excluding carboxylic acids is 3. The van der Waals surface area contributed by atoms with Crippen LogP contribution in [0.15, 0.2) is 97.2 Å². The molecular formula is C56H92O6. The summed E-state index contributed by atoms with van der Waals surface area (Å²) in [7, 11) is 0. The Labute approximate surface area is 381 Å². The third-order valence-electron chi connectivity index (χ3n) is 10.5. The smallest absolute Gasteiger partial charge is 0.306 e. The van der Waals surface area contributed by atoms with Gasteiger partial charge >= 0.3 is 17.9 Å². The Morgan fingerprint density at radius 2 is 0.629 bits per heavy atom. The molecule has 0 bridgehead atoms. The third kappa shape index (κ3) is 47.4. The standard InChI is InChI=1S/C56H92O6/c1-4-7-10-13-16-19-22-24-26-27-28-30-31-34-37-40-43-46-49-55(58)61-52-53(51-60-54(57)48-45-42-39-36-33-21-18-15-12-9-6-3)62-56(59)50-47-44-41-38-35-32-29-25-23-20-17-14-11-8-5-2/h8,11,14,17,20,22-30,32,35,53H,4-7,9-10,12-13,15-16,18-19,21,31,33-34,36-52H2,1-3H3/b11-8-,17-14-,23-20-,24-22-,27-26-,29-25-,30-28-,35-32-. The van der Waals surface area contributed by atoms with Crippen molar-refractivity contribution >= 4 is 17.9 Å². The van der Waals surface area contributed by atoms with Crippen LogP contribution in [-0.4, -0.2) is 37.2 Å². The SMILES string of the molecule is CC\C=C/C=C\C=C/C=C\C=C/CCCCCC(=O)OC(COC(=O)CCCCCCC\C=C/C=C\C=C/CCCCCCC)COC(=O)CCCCCCCCCCCCC. The number of hydrogen-bond acceptors (Lipinski definition) is 6. The number of unbranched alkanes of at least 4 members (excludes halogenated alkanes) is 23. The number of ether oxygens (including phenoxy) is 3. The van der Waals surface area contributed by atoms with E-state index in [0.717, 1.165) is 89.9 Å². The van der Waals surface area contributed by atoms with Gasteiger partial charge in [0.2, 0.25) is 0 Å². The number of esters is 3. The number of hydrogen-bond donors (Lipinski definition) is 0. The maximum absolute atomic E-state index is 12.8. The summed E-state index contributed by atoms with van der Waals surface area (Å²) in [5, 5.41) is 0. The van der Waals surface area contributed by atoms with Gasteiger partial charge < -0.3 is 14.2 Å². The number of rotatable bonds is 44. The van der Waals surface area contributed by atoms with E-state index in [0.29, 0.717) is 19.3 Å². The fourth-order valence-electron chi connectivity index (χ4n) is 6.70. The zero-order valence-electron chi connectivity index (χ0n) is 40.1. The summed E-state index contributed by atoms with van der Waals surface area (Å²) >= 11 is 0. The lowest BCUT2D eigenvalue weighted by Crippen LogP contribution is -2.30. The zero-order chi connectivity index (χ0) is 45.1. The Morgan fingerprint density at radius 3 is 1.00 bits per heavy atom. The van der Waals surface area contributed by atoms with Crippen molar-refractivity contribution in [3.8, 4) is 0 Å². The summed E-state index contributed by atoms with van der Waals surface area (Å²) in [5.41, 5.74) is 0. The molecule has 352 valence electrons. The van der Waals surface area contributed by atoms with E-state index in [1.165, 1.54) is 83.5 Å². The van der Waals surface area contributed by atoms with E-state index >= 15 is 0 Å². The molecule has 62 heavy (non-hydrogen) atoms. The summed E-state index contributed by atoms with van der Waals surface area (Å²) in [6.45, 7) is 6.41.